The van der Waals surface area contributed by atoms with Crippen molar-refractivity contribution in [2.24, 2.45) is 5.73 Å². The highest BCUT2D eigenvalue weighted by atomic mass is 35.5. The lowest BCUT2D eigenvalue weighted by Crippen LogP contribution is -2.38. The third-order valence-electron chi connectivity index (χ3n) is 0.693. The third kappa shape index (κ3) is 6.08. The van der Waals surface area contributed by atoms with Crippen molar-refractivity contribution >= 4 is 18.2 Å². The molecule has 0 bridgehead atoms. The molecule has 0 amide bonds. The summed E-state index contributed by atoms with van der Waals surface area (Å²) in [5, 5.41) is 0. The van der Waals surface area contributed by atoms with E-state index >= 15 is 0 Å². The summed E-state index contributed by atoms with van der Waals surface area (Å²) in [6.07, 6.45) is -4.78. The maximum absolute atomic E-state index is 11.3. The summed E-state index contributed by atoms with van der Waals surface area (Å²) in [4.78, 5) is 9.91. The fourth-order valence-corrected chi connectivity index (χ4v) is 0.258. The molecule has 0 aromatic heterocycles. The summed E-state index contributed by atoms with van der Waals surface area (Å²) in [5.41, 5.74) is 4.65. The van der Waals surface area contributed by atoms with Crippen LogP contribution in [0.15, 0.2) is 0 Å². The number of halogens is 4. The number of hydrogen-bond acceptors (Lipinski definition) is 2. The van der Waals surface area contributed by atoms with Crippen molar-refractivity contribution in [1.82, 2.24) is 0 Å². The van der Waals surface area contributed by atoms with Crippen LogP contribution >= 0.6 is 12.4 Å². The Labute approximate surface area is 67.5 Å². The topological polar surface area (TPSA) is 74.6 Å². The van der Waals surface area contributed by atoms with E-state index < -0.39 is 18.0 Å². The molecule has 0 rings (SSSR count). The molecular formula is C4H9ClF3NO2. The van der Waals surface area contributed by atoms with E-state index in [1.54, 1.807) is 0 Å². The molecule has 3 nitrogen and oxygen atoms in total. The third-order valence-corrected chi connectivity index (χ3v) is 0.693. The van der Waals surface area contributed by atoms with E-state index in [1.807, 2.05) is 0 Å². The summed E-state index contributed by atoms with van der Waals surface area (Å²) in [7, 11) is 0. The Hall–Kier alpha value is -0.330. The van der Waals surface area contributed by atoms with Crippen LogP contribution in [0.4, 0.5) is 13.2 Å². The van der Waals surface area contributed by atoms with Gasteiger partial charge in [-0.3, -0.25) is 4.79 Å². The van der Waals surface area contributed by atoms with Crippen LogP contribution in [0, 0.1) is 0 Å². The first-order valence-electron chi connectivity index (χ1n) is 2.22. The molecule has 0 aromatic rings. The Balaban J connectivity index is -0.000000320. The lowest BCUT2D eigenvalue weighted by molar-refractivity contribution is -0.172. The van der Waals surface area contributed by atoms with Crippen molar-refractivity contribution in [3.63, 3.8) is 0 Å². The van der Waals surface area contributed by atoms with Gasteiger partial charge < -0.3 is 11.2 Å². The minimum Gasteiger partial charge on any atom is -0.412 e. The zero-order valence-corrected chi connectivity index (χ0v) is 6.42. The summed E-state index contributed by atoms with van der Waals surface area (Å²) in [6, 6.07) is -1.45. The molecule has 7 heteroatoms. The molecule has 0 aliphatic heterocycles. The summed E-state index contributed by atoms with van der Waals surface area (Å²) in [6.45, 7) is 0.996. The number of carbonyl (C=O) groups excluding carboxylic acids is 1. The second-order valence-electron chi connectivity index (χ2n) is 1.65. The minimum absolute atomic E-state index is 0. The first kappa shape index (κ1) is 17.0. The van der Waals surface area contributed by atoms with Gasteiger partial charge in [0.25, 0.3) is 5.78 Å². The molecule has 0 aromatic carbocycles. The van der Waals surface area contributed by atoms with Gasteiger partial charge in [0.1, 0.15) is 0 Å². The summed E-state index contributed by atoms with van der Waals surface area (Å²) >= 11 is 0. The molecule has 1 unspecified atom stereocenters. The van der Waals surface area contributed by atoms with Crippen molar-refractivity contribution in [2.75, 3.05) is 0 Å². The molecule has 0 heterocycles. The van der Waals surface area contributed by atoms with Gasteiger partial charge in [-0.25, -0.2) is 0 Å². The average Bonchev–Trinajstić information content (AvgIpc) is 1.62. The van der Waals surface area contributed by atoms with Gasteiger partial charge >= 0.3 is 6.18 Å². The van der Waals surface area contributed by atoms with Crippen LogP contribution < -0.4 is 5.73 Å². The van der Waals surface area contributed by atoms with Gasteiger partial charge in [0, 0.05) is 0 Å². The van der Waals surface area contributed by atoms with Crippen LogP contribution in [0.5, 0.6) is 0 Å². The van der Waals surface area contributed by atoms with Gasteiger partial charge in [0.05, 0.1) is 6.04 Å². The Morgan fingerprint density at radius 3 is 1.73 bits per heavy atom. The smallest absolute Gasteiger partial charge is 0.412 e. The fourth-order valence-electron chi connectivity index (χ4n) is 0.258. The molecule has 0 spiro atoms. The lowest BCUT2D eigenvalue weighted by atomic mass is 10.2. The Bertz CT molecular complexity index is 125. The largest absolute Gasteiger partial charge is 0.451 e. The van der Waals surface area contributed by atoms with Gasteiger partial charge in [-0.05, 0) is 6.92 Å². The van der Waals surface area contributed by atoms with Gasteiger partial charge in [0.15, 0.2) is 0 Å². The Morgan fingerprint density at radius 1 is 1.45 bits per heavy atom. The van der Waals surface area contributed by atoms with Crippen LogP contribution in [-0.4, -0.2) is 23.5 Å². The van der Waals surface area contributed by atoms with Crippen LogP contribution in [0.25, 0.3) is 0 Å². The van der Waals surface area contributed by atoms with E-state index in [2.05, 4.69) is 5.73 Å². The maximum atomic E-state index is 11.3. The fraction of sp³-hybridized carbons (Fsp3) is 0.750. The Kier molecular flexibility index (Phi) is 8.23. The number of rotatable bonds is 1. The monoisotopic (exact) mass is 195 g/mol. The quantitative estimate of drug-likeness (QED) is 0.643. The van der Waals surface area contributed by atoms with Crippen molar-refractivity contribution < 1.29 is 23.4 Å². The van der Waals surface area contributed by atoms with Crippen LogP contribution in [0.2, 0.25) is 0 Å². The number of nitrogens with two attached hydrogens (primary N) is 1. The summed E-state index contributed by atoms with van der Waals surface area (Å²) in [5.74, 6) is -1.89. The van der Waals surface area contributed by atoms with Crippen LogP contribution in [-0.2, 0) is 4.79 Å². The molecule has 1 atom stereocenters. The van der Waals surface area contributed by atoms with E-state index in [9.17, 15) is 18.0 Å². The van der Waals surface area contributed by atoms with E-state index in [-0.39, 0.29) is 17.9 Å². The van der Waals surface area contributed by atoms with Gasteiger partial charge in [-0.2, -0.15) is 13.2 Å². The zero-order chi connectivity index (χ0) is 7.65. The zero-order valence-electron chi connectivity index (χ0n) is 5.61. The van der Waals surface area contributed by atoms with E-state index in [0.717, 1.165) is 6.92 Å². The second-order valence-corrected chi connectivity index (χ2v) is 1.65. The van der Waals surface area contributed by atoms with E-state index in [1.165, 1.54) is 0 Å². The van der Waals surface area contributed by atoms with Crippen LogP contribution in [0.1, 0.15) is 6.92 Å². The molecule has 0 radical (unpaired) electrons. The number of carbonyl (C=O) groups is 1. The molecule has 0 saturated carbocycles. The SMILES string of the molecule is CC(N)C(=O)C(F)(F)F.Cl.O. The van der Waals surface area contributed by atoms with Crippen LogP contribution in [0.3, 0.4) is 0 Å². The predicted octanol–water partition coefficient (Wildman–Crippen LogP) is 0.0621. The molecule has 4 N–H and O–H groups in total. The van der Waals surface area contributed by atoms with Gasteiger partial charge in [-0.15, -0.1) is 12.4 Å². The normalized spacial score (nSPS) is 12.5. The van der Waals surface area contributed by atoms with Gasteiger partial charge in [-0.1, -0.05) is 0 Å². The van der Waals surface area contributed by atoms with Crippen molar-refractivity contribution in [1.29, 1.82) is 0 Å². The van der Waals surface area contributed by atoms with Crippen molar-refractivity contribution in [2.45, 2.75) is 19.1 Å². The maximum Gasteiger partial charge on any atom is 0.451 e. The summed E-state index contributed by atoms with van der Waals surface area (Å²) < 4.78 is 33.8. The first-order chi connectivity index (χ1) is 3.85. The van der Waals surface area contributed by atoms with E-state index in [0.29, 0.717) is 0 Å². The lowest BCUT2D eigenvalue weighted by Gasteiger charge is -2.06. The highest BCUT2D eigenvalue weighted by molar-refractivity contribution is 5.88. The van der Waals surface area contributed by atoms with Crippen molar-refractivity contribution in [3.8, 4) is 0 Å². The molecule has 0 aliphatic carbocycles. The van der Waals surface area contributed by atoms with Crippen molar-refractivity contribution in [3.05, 3.63) is 0 Å². The number of ketones is 1. The average molecular weight is 196 g/mol. The highest BCUT2D eigenvalue weighted by Crippen LogP contribution is 2.16. The molecule has 11 heavy (non-hydrogen) atoms. The second kappa shape index (κ2) is 5.34. The number of hydrogen-bond donors (Lipinski definition) is 1. The van der Waals surface area contributed by atoms with Gasteiger partial charge in [0.2, 0.25) is 0 Å². The number of alkyl halides is 3. The van der Waals surface area contributed by atoms with E-state index in [4.69, 9.17) is 0 Å². The minimum atomic E-state index is -4.78. The predicted molar refractivity (Wildman–Crippen MR) is 35.6 cm³/mol. The molecule has 0 saturated heterocycles. The molecule has 0 aliphatic rings. The molecule has 70 valence electrons. The first-order valence-corrected chi connectivity index (χ1v) is 2.22. The molecular weight excluding hydrogens is 186 g/mol. The standard InChI is InChI=1S/C4H6F3NO.ClH.H2O/c1-2(8)3(9)4(5,6)7;;/h2H,8H2,1H3;1H;1H2. The number of Topliss-reactive ketones (excluding diaryl/α,β-unsaturated/α-hetero) is 1. The Morgan fingerprint density at radius 2 is 1.73 bits per heavy atom. The highest BCUT2D eigenvalue weighted by Gasteiger charge is 2.40. The molecule has 0 fully saturated rings.